The second-order valence-electron chi connectivity index (χ2n) is 9.12. The van der Waals surface area contributed by atoms with E-state index in [1.165, 1.54) is 7.11 Å². The normalized spacial score (nSPS) is 19.9. The zero-order valence-corrected chi connectivity index (χ0v) is 20.0. The number of hydrogen-bond donors (Lipinski definition) is 1. The van der Waals surface area contributed by atoms with Crippen molar-refractivity contribution in [2.45, 2.75) is 26.3 Å². The van der Waals surface area contributed by atoms with E-state index in [1.54, 1.807) is 24.3 Å². The number of nitrogens with zero attached hydrogens (tertiary/aromatic N) is 1. The average molecular weight is 473 g/mol. The van der Waals surface area contributed by atoms with Gasteiger partial charge < -0.3 is 10.1 Å². The fourth-order valence-electron chi connectivity index (χ4n) is 4.69. The van der Waals surface area contributed by atoms with E-state index in [0.29, 0.717) is 16.7 Å². The van der Waals surface area contributed by atoms with Gasteiger partial charge in [0.15, 0.2) is 0 Å². The number of methoxy groups -OCH3 is 1. The summed E-state index contributed by atoms with van der Waals surface area (Å²) in [4.78, 5) is 54.1. The smallest absolute Gasteiger partial charge is 0.328 e. The van der Waals surface area contributed by atoms with Crippen molar-refractivity contribution >= 4 is 29.3 Å². The molecule has 0 spiro atoms. The summed E-state index contributed by atoms with van der Waals surface area (Å²) < 4.78 is 4.92. The summed E-state index contributed by atoms with van der Waals surface area (Å²) in [6.07, 6.45) is 5.78. The highest BCUT2D eigenvalue weighted by molar-refractivity contribution is 6.21. The summed E-state index contributed by atoms with van der Waals surface area (Å²) in [6.45, 7) is 3.46. The van der Waals surface area contributed by atoms with Crippen molar-refractivity contribution in [1.82, 2.24) is 10.2 Å². The van der Waals surface area contributed by atoms with Crippen LogP contribution >= 0.6 is 0 Å². The Morgan fingerprint density at radius 1 is 1.00 bits per heavy atom. The summed E-state index contributed by atoms with van der Waals surface area (Å²) in [6, 6.07) is 15.1. The molecule has 7 nitrogen and oxygen atoms in total. The van der Waals surface area contributed by atoms with Crippen LogP contribution in [0.2, 0.25) is 0 Å². The highest BCUT2D eigenvalue weighted by Crippen LogP contribution is 2.44. The molecule has 0 bridgehead atoms. The van der Waals surface area contributed by atoms with Gasteiger partial charge in [-0.3, -0.25) is 19.3 Å². The molecule has 2 aromatic carbocycles. The van der Waals surface area contributed by atoms with E-state index in [0.717, 1.165) is 10.5 Å². The molecular formula is C28H28N2O5. The summed E-state index contributed by atoms with van der Waals surface area (Å²) in [5.41, 5.74) is 0.799. The zero-order valence-electron chi connectivity index (χ0n) is 20.0. The first kappa shape index (κ1) is 24.1. The molecule has 7 heteroatoms. The van der Waals surface area contributed by atoms with Gasteiger partial charge in [-0.15, -0.1) is 0 Å². The van der Waals surface area contributed by atoms with E-state index < -0.39 is 35.1 Å². The van der Waals surface area contributed by atoms with E-state index in [2.05, 4.69) is 5.32 Å². The fraction of sp³-hybridized carbons (Fsp3) is 0.286. The van der Waals surface area contributed by atoms with Gasteiger partial charge in [0.05, 0.1) is 23.7 Å². The number of nitrogens with one attached hydrogen (secondary N) is 1. The molecule has 35 heavy (non-hydrogen) atoms. The molecule has 4 rings (SSSR count). The first-order valence-electron chi connectivity index (χ1n) is 11.6. The van der Waals surface area contributed by atoms with E-state index in [9.17, 15) is 19.2 Å². The van der Waals surface area contributed by atoms with E-state index in [-0.39, 0.29) is 18.9 Å². The zero-order chi connectivity index (χ0) is 25.2. The van der Waals surface area contributed by atoms with Gasteiger partial charge in [-0.1, -0.05) is 74.5 Å². The molecular weight excluding hydrogens is 444 g/mol. The number of hydrogen-bond acceptors (Lipinski definition) is 5. The van der Waals surface area contributed by atoms with Gasteiger partial charge in [-0.2, -0.15) is 0 Å². The number of rotatable bonds is 7. The molecule has 1 N–H and O–H groups in total. The Labute approximate surface area is 204 Å². The topological polar surface area (TPSA) is 92.8 Å². The number of imide groups is 1. The Kier molecular flexibility index (Phi) is 6.69. The van der Waals surface area contributed by atoms with Gasteiger partial charge in [0, 0.05) is 6.54 Å². The third kappa shape index (κ3) is 4.30. The van der Waals surface area contributed by atoms with Crippen molar-refractivity contribution in [2.75, 3.05) is 13.7 Å². The molecule has 2 aromatic rings. The number of carbonyl (C=O) groups is 4. The van der Waals surface area contributed by atoms with E-state index in [1.807, 2.05) is 62.4 Å². The molecule has 1 aliphatic heterocycles. The predicted octanol–water partition coefficient (Wildman–Crippen LogP) is 3.63. The molecule has 0 aromatic heterocycles. The van der Waals surface area contributed by atoms with Gasteiger partial charge in [0.1, 0.15) is 6.04 Å². The standard InChI is InChI=1S/C28H28N2O5/c1-18(2)23(26(33)35-3)29-27(34)28(16-10-9-15-22(28)19-11-5-4-6-12-19)17-30-24(31)20-13-7-8-14-21(20)25(30)32/h4-15,18,23H,16-17H2,1-3H3,(H,29,34)/t23-,28?/m0/s1. The quantitative estimate of drug-likeness (QED) is 0.491. The number of fused-ring (bicyclic) bond motifs is 1. The van der Waals surface area contributed by atoms with E-state index >= 15 is 0 Å². The van der Waals surface area contributed by atoms with Crippen LogP contribution in [0.15, 0.2) is 72.8 Å². The summed E-state index contributed by atoms with van der Waals surface area (Å²) in [7, 11) is 1.27. The van der Waals surface area contributed by atoms with Crippen LogP contribution in [0.3, 0.4) is 0 Å². The Hall–Kier alpha value is -4.00. The monoisotopic (exact) mass is 472 g/mol. The lowest BCUT2D eigenvalue weighted by Crippen LogP contribution is -2.55. The largest absolute Gasteiger partial charge is 0.467 e. The number of esters is 1. The van der Waals surface area contributed by atoms with Crippen molar-refractivity contribution in [3.05, 3.63) is 89.5 Å². The van der Waals surface area contributed by atoms with Crippen LogP contribution in [0.4, 0.5) is 0 Å². The highest BCUT2D eigenvalue weighted by atomic mass is 16.5. The molecule has 180 valence electrons. The lowest BCUT2D eigenvalue weighted by Gasteiger charge is -2.39. The van der Waals surface area contributed by atoms with E-state index in [4.69, 9.17) is 4.74 Å². The minimum Gasteiger partial charge on any atom is -0.467 e. The Morgan fingerprint density at radius 2 is 1.60 bits per heavy atom. The molecule has 1 unspecified atom stereocenters. The third-order valence-corrected chi connectivity index (χ3v) is 6.61. The second kappa shape index (κ2) is 9.70. The van der Waals surface area contributed by atoms with Crippen LogP contribution in [0.5, 0.6) is 0 Å². The van der Waals surface area contributed by atoms with Gasteiger partial charge in [-0.25, -0.2) is 4.79 Å². The number of ether oxygens (including phenoxy) is 1. The molecule has 0 saturated heterocycles. The van der Waals surface area contributed by atoms with Crippen LogP contribution in [0, 0.1) is 11.3 Å². The molecule has 2 atom stereocenters. The van der Waals surface area contributed by atoms with Gasteiger partial charge in [0.25, 0.3) is 11.8 Å². The Balaban J connectivity index is 1.79. The second-order valence-corrected chi connectivity index (χ2v) is 9.12. The summed E-state index contributed by atoms with van der Waals surface area (Å²) in [5, 5.41) is 2.86. The van der Waals surface area contributed by atoms with Crippen molar-refractivity contribution in [1.29, 1.82) is 0 Å². The van der Waals surface area contributed by atoms with Crippen LogP contribution in [0.1, 0.15) is 46.5 Å². The Bertz CT molecular complexity index is 1200. The molecule has 1 heterocycles. The van der Waals surface area contributed by atoms with Crippen molar-refractivity contribution < 1.29 is 23.9 Å². The molecule has 0 radical (unpaired) electrons. The minimum absolute atomic E-state index is 0.164. The van der Waals surface area contributed by atoms with Crippen molar-refractivity contribution in [3.63, 3.8) is 0 Å². The van der Waals surface area contributed by atoms with Crippen molar-refractivity contribution in [2.24, 2.45) is 11.3 Å². The maximum atomic E-state index is 14.1. The first-order chi connectivity index (χ1) is 16.8. The molecule has 0 saturated carbocycles. The molecule has 1 aliphatic carbocycles. The average Bonchev–Trinajstić information content (AvgIpc) is 3.12. The maximum absolute atomic E-state index is 14.1. The number of carbonyl (C=O) groups excluding carboxylic acids is 4. The third-order valence-electron chi connectivity index (χ3n) is 6.61. The van der Waals surface area contributed by atoms with Gasteiger partial charge in [-0.05, 0) is 35.6 Å². The first-order valence-corrected chi connectivity index (χ1v) is 11.6. The fourth-order valence-corrected chi connectivity index (χ4v) is 4.69. The Morgan fingerprint density at radius 3 is 2.17 bits per heavy atom. The van der Waals surface area contributed by atoms with Crippen LogP contribution < -0.4 is 5.32 Å². The summed E-state index contributed by atoms with van der Waals surface area (Å²) in [5.74, 6) is -2.11. The lowest BCUT2D eigenvalue weighted by molar-refractivity contribution is -0.147. The van der Waals surface area contributed by atoms with Crippen LogP contribution in [-0.2, 0) is 14.3 Å². The molecule has 3 amide bonds. The highest BCUT2D eigenvalue weighted by Gasteiger charge is 2.49. The van der Waals surface area contributed by atoms with Crippen LogP contribution in [-0.4, -0.2) is 48.3 Å². The van der Waals surface area contributed by atoms with Crippen molar-refractivity contribution in [3.8, 4) is 0 Å². The minimum atomic E-state index is -1.30. The SMILES string of the molecule is COC(=O)[C@@H](NC(=O)C1(CN2C(=O)c3ccccc3C2=O)CC=CC=C1c1ccccc1)C(C)C. The molecule has 2 aliphatic rings. The number of allylic oxidation sites excluding steroid dienone is 3. The lowest BCUT2D eigenvalue weighted by atomic mass is 9.70. The number of amides is 3. The number of benzene rings is 2. The van der Waals surface area contributed by atoms with Gasteiger partial charge in [0.2, 0.25) is 5.91 Å². The van der Waals surface area contributed by atoms with Gasteiger partial charge >= 0.3 is 5.97 Å². The summed E-state index contributed by atoms with van der Waals surface area (Å²) >= 11 is 0. The molecule has 0 fully saturated rings. The maximum Gasteiger partial charge on any atom is 0.328 e. The van der Waals surface area contributed by atoms with Crippen LogP contribution in [0.25, 0.3) is 5.57 Å². The predicted molar refractivity (Wildman–Crippen MR) is 131 cm³/mol.